The highest BCUT2D eigenvalue weighted by molar-refractivity contribution is 8.00. The van der Waals surface area contributed by atoms with Gasteiger partial charge in [0.15, 0.2) is 9.84 Å². The number of amides is 1. The Bertz CT molecular complexity index is 940. The van der Waals surface area contributed by atoms with Gasteiger partial charge in [-0.1, -0.05) is 11.8 Å². The van der Waals surface area contributed by atoms with E-state index in [1.165, 1.54) is 6.07 Å². The third kappa shape index (κ3) is 5.48. The molecule has 1 fully saturated rings. The van der Waals surface area contributed by atoms with E-state index in [1.807, 2.05) is 13.0 Å². The van der Waals surface area contributed by atoms with E-state index in [4.69, 9.17) is 4.74 Å². The minimum atomic E-state index is -3.10. The standard InChI is InChI=1S/C19H25N3O5S2/c1-5-22(15-7-8-29(25,26)11-15)18(23)13(4)28-17-14(10-20)9-16(12(3)21-17)19(24)27-6-2/h9,13,15H,5-8,11H2,1-4H3/t13-,15+/m0/s1. The Kier molecular flexibility index (Phi) is 7.66. The maximum atomic E-state index is 12.9. The highest BCUT2D eigenvalue weighted by Crippen LogP contribution is 2.29. The quantitative estimate of drug-likeness (QED) is 0.467. The number of carbonyl (C=O) groups excluding carboxylic acids is 2. The van der Waals surface area contributed by atoms with E-state index >= 15 is 0 Å². The van der Waals surface area contributed by atoms with E-state index in [9.17, 15) is 23.3 Å². The largest absolute Gasteiger partial charge is 0.462 e. The number of sulfone groups is 1. The van der Waals surface area contributed by atoms with Crippen LogP contribution >= 0.6 is 11.8 Å². The molecule has 0 spiro atoms. The summed E-state index contributed by atoms with van der Waals surface area (Å²) in [6, 6.07) is 3.13. The monoisotopic (exact) mass is 439 g/mol. The van der Waals surface area contributed by atoms with Crippen molar-refractivity contribution in [3.05, 3.63) is 22.9 Å². The average molecular weight is 440 g/mol. The van der Waals surface area contributed by atoms with E-state index in [2.05, 4.69) is 4.98 Å². The van der Waals surface area contributed by atoms with Crippen molar-refractivity contribution in [2.24, 2.45) is 0 Å². The molecule has 0 aliphatic carbocycles. The Balaban J connectivity index is 2.21. The summed E-state index contributed by atoms with van der Waals surface area (Å²) in [6.07, 6.45) is 0.439. The van der Waals surface area contributed by atoms with Crippen LogP contribution in [-0.2, 0) is 19.4 Å². The molecule has 0 unspecified atom stereocenters. The summed E-state index contributed by atoms with van der Waals surface area (Å²) in [5, 5.41) is 9.26. The maximum absolute atomic E-state index is 12.9. The molecule has 10 heteroatoms. The fourth-order valence-electron chi connectivity index (χ4n) is 3.24. The van der Waals surface area contributed by atoms with Crippen molar-refractivity contribution in [3.63, 3.8) is 0 Å². The van der Waals surface area contributed by atoms with Gasteiger partial charge in [0.25, 0.3) is 0 Å². The van der Waals surface area contributed by atoms with E-state index in [0.29, 0.717) is 23.7 Å². The Morgan fingerprint density at radius 1 is 1.45 bits per heavy atom. The zero-order valence-electron chi connectivity index (χ0n) is 17.0. The molecule has 2 rings (SSSR count). The van der Waals surface area contributed by atoms with Gasteiger partial charge >= 0.3 is 5.97 Å². The first kappa shape index (κ1) is 23.2. The number of pyridine rings is 1. The molecular formula is C19H25N3O5S2. The lowest BCUT2D eigenvalue weighted by molar-refractivity contribution is -0.131. The van der Waals surface area contributed by atoms with Gasteiger partial charge in [0.2, 0.25) is 5.91 Å². The fourth-order valence-corrected chi connectivity index (χ4v) is 5.96. The number of thioether (sulfide) groups is 1. The second-order valence-electron chi connectivity index (χ2n) is 6.75. The lowest BCUT2D eigenvalue weighted by Crippen LogP contribution is -2.44. The van der Waals surface area contributed by atoms with Crippen LogP contribution in [0.3, 0.4) is 0 Å². The first-order chi connectivity index (χ1) is 13.6. The zero-order valence-corrected chi connectivity index (χ0v) is 18.6. The van der Waals surface area contributed by atoms with Gasteiger partial charge in [0, 0.05) is 12.6 Å². The van der Waals surface area contributed by atoms with Crippen molar-refractivity contribution in [2.45, 2.75) is 50.4 Å². The summed E-state index contributed by atoms with van der Waals surface area (Å²) < 4.78 is 28.5. The average Bonchev–Trinajstić information content (AvgIpc) is 3.02. The first-order valence-electron chi connectivity index (χ1n) is 9.39. The SMILES string of the molecule is CCOC(=O)c1cc(C#N)c(S[C@@H](C)C(=O)N(CC)[C@@H]2CCS(=O)(=O)C2)nc1C. The minimum Gasteiger partial charge on any atom is -0.462 e. The van der Waals surface area contributed by atoms with Crippen LogP contribution in [0.1, 0.15) is 48.8 Å². The Labute approximate surface area is 175 Å². The van der Waals surface area contributed by atoms with Crippen molar-refractivity contribution in [1.82, 2.24) is 9.88 Å². The van der Waals surface area contributed by atoms with Crippen molar-refractivity contribution in [3.8, 4) is 6.07 Å². The fraction of sp³-hybridized carbons (Fsp3) is 0.579. The summed E-state index contributed by atoms with van der Waals surface area (Å²) in [5.41, 5.74) is 0.826. The highest BCUT2D eigenvalue weighted by atomic mass is 32.2. The molecule has 0 saturated carbocycles. The predicted molar refractivity (Wildman–Crippen MR) is 109 cm³/mol. The number of aromatic nitrogens is 1. The molecule has 0 aromatic carbocycles. The molecule has 0 N–H and O–H groups in total. The van der Waals surface area contributed by atoms with Gasteiger partial charge in [-0.05, 0) is 40.2 Å². The van der Waals surface area contributed by atoms with Gasteiger partial charge in [0.05, 0.1) is 40.2 Å². The van der Waals surface area contributed by atoms with Gasteiger partial charge < -0.3 is 9.64 Å². The van der Waals surface area contributed by atoms with Crippen LogP contribution < -0.4 is 0 Å². The molecule has 1 aliphatic heterocycles. The first-order valence-corrected chi connectivity index (χ1v) is 12.1. The van der Waals surface area contributed by atoms with Gasteiger partial charge in [-0.15, -0.1) is 0 Å². The normalized spacial score (nSPS) is 18.7. The number of aryl methyl sites for hydroxylation is 1. The van der Waals surface area contributed by atoms with Crippen LogP contribution in [0.2, 0.25) is 0 Å². The lowest BCUT2D eigenvalue weighted by Gasteiger charge is -2.29. The van der Waals surface area contributed by atoms with Crippen LogP contribution in [-0.4, -0.2) is 66.1 Å². The number of nitrogens with zero attached hydrogens (tertiary/aromatic N) is 3. The molecular weight excluding hydrogens is 414 g/mol. The smallest absolute Gasteiger partial charge is 0.340 e. The zero-order chi connectivity index (χ0) is 21.8. The van der Waals surface area contributed by atoms with E-state index in [0.717, 1.165) is 11.8 Å². The lowest BCUT2D eigenvalue weighted by atomic mass is 10.1. The van der Waals surface area contributed by atoms with Gasteiger partial charge in [0.1, 0.15) is 11.1 Å². The van der Waals surface area contributed by atoms with Crippen LogP contribution in [0.15, 0.2) is 11.1 Å². The molecule has 2 atom stereocenters. The number of esters is 1. The Hall–Kier alpha value is -2.12. The second-order valence-corrected chi connectivity index (χ2v) is 10.3. The van der Waals surface area contributed by atoms with Gasteiger partial charge in [-0.3, -0.25) is 4.79 Å². The number of ether oxygens (including phenoxy) is 1. The van der Waals surface area contributed by atoms with Crippen LogP contribution in [0.5, 0.6) is 0 Å². The summed E-state index contributed by atoms with van der Waals surface area (Å²) in [7, 11) is -3.10. The molecule has 1 saturated heterocycles. The third-order valence-electron chi connectivity index (χ3n) is 4.70. The number of hydrogen-bond acceptors (Lipinski definition) is 8. The molecule has 0 radical (unpaired) electrons. The molecule has 1 aromatic heterocycles. The summed E-state index contributed by atoms with van der Waals surface area (Å²) in [5.74, 6) is -0.664. The molecule has 2 heterocycles. The Morgan fingerprint density at radius 3 is 2.66 bits per heavy atom. The topological polar surface area (TPSA) is 117 Å². The van der Waals surface area contributed by atoms with Crippen molar-refractivity contribution < 1.29 is 22.7 Å². The van der Waals surface area contributed by atoms with Crippen LogP contribution in [0.4, 0.5) is 0 Å². The van der Waals surface area contributed by atoms with E-state index in [1.54, 1.807) is 25.7 Å². The van der Waals surface area contributed by atoms with Crippen LogP contribution in [0.25, 0.3) is 0 Å². The number of nitriles is 1. The van der Waals surface area contributed by atoms with Crippen molar-refractivity contribution >= 4 is 33.5 Å². The minimum absolute atomic E-state index is 0.0149. The molecule has 8 nitrogen and oxygen atoms in total. The highest BCUT2D eigenvalue weighted by Gasteiger charge is 2.35. The Morgan fingerprint density at radius 2 is 2.14 bits per heavy atom. The van der Waals surface area contributed by atoms with Gasteiger partial charge in [-0.25, -0.2) is 18.2 Å². The van der Waals surface area contributed by atoms with Crippen molar-refractivity contribution in [2.75, 3.05) is 24.7 Å². The molecule has 1 aromatic rings. The molecule has 1 amide bonds. The molecule has 1 aliphatic rings. The summed E-state index contributed by atoms with van der Waals surface area (Å²) in [4.78, 5) is 30.9. The van der Waals surface area contributed by atoms with Crippen LogP contribution in [0, 0.1) is 18.3 Å². The maximum Gasteiger partial charge on any atom is 0.340 e. The number of rotatable bonds is 7. The second kappa shape index (κ2) is 9.59. The molecule has 29 heavy (non-hydrogen) atoms. The summed E-state index contributed by atoms with van der Waals surface area (Å²) >= 11 is 1.13. The van der Waals surface area contributed by atoms with Gasteiger partial charge in [-0.2, -0.15) is 5.26 Å². The van der Waals surface area contributed by atoms with Crippen molar-refractivity contribution in [1.29, 1.82) is 5.26 Å². The molecule has 158 valence electrons. The molecule has 0 bridgehead atoms. The summed E-state index contributed by atoms with van der Waals surface area (Å²) in [6.45, 7) is 7.48. The number of hydrogen-bond donors (Lipinski definition) is 0. The predicted octanol–water partition coefficient (Wildman–Crippen LogP) is 1.95. The van der Waals surface area contributed by atoms with E-state index in [-0.39, 0.29) is 41.2 Å². The third-order valence-corrected chi connectivity index (χ3v) is 7.54. The number of carbonyl (C=O) groups is 2. The van der Waals surface area contributed by atoms with E-state index < -0.39 is 21.1 Å².